The van der Waals surface area contributed by atoms with Crippen LogP contribution in [0.2, 0.25) is 0 Å². The first-order valence-electron chi connectivity index (χ1n) is 6.90. The zero-order valence-electron chi connectivity index (χ0n) is 12.2. The molecule has 3 N–H and O–H groups in total. The first kappa shape index (κ1) is 13.9. The average Bonchev–Trinajstić information content (AvgIpc) is 2.49. The van der Waals surface area contributed by atoms with E-state index < -0.39 is 0 Å². The van der Waals surface area contributed by atoms with E-state index in [4.69, 9.17) is 10.5 Å². The number of benzene rings is 2. The van der Waals surface area contributed by atoms with Crippen molar-refractivity contribution in [3.63, 3.8) is 0 Å². The number of para-hydroxylation sites is 1. The molecule has 0 unspecified atom stereocenters. The van der Waals surface area contributed by atoms with Crippen LogP contribution in [0.15, 0.2) is 60.7 Å². The van der Waals surface area contributed by atoms with Gasteiger partial charge in [-0.15, -0.1) is 0 Å². The molecule has 5 nitrogen and oxygen atoms in total. The normalized spacial score (nSPS) is 10.2. The van der Waals surface area contributed by atoms with Crippen LogP contribution in [0.5, 0.6) is 11.5 Å². The fourth-order valence-corrected chi connectivity index (χ4v) is 2.03. The molecule has 0 radical (unpaired) electrons. The molecule has 0 aliphatic rings. The number of hydrogen-bond acceptors (Lipinski definition) is 5. The van der Waals surface area contributed by atoms with Gasteiger partial charge in [-0.2, -0.15) is 4.98 Å². The first-order chi connectivity index (χ1) is 10.7. The Kier molecular flexibility index (Phi) is 3.87. The van der Waals surface area contributed by atoms with Crippen molar-refractivity contribution in [2.45, 2.75) is 6.92 Å². The van der Waals surface area contributed by atoms with Crippen LogP contribution in [0.3, 0.4) is 0 Å². The number of nitrogens with two attached hydrogens (primary N) is 1. The molecule has 1 heterocycles. The van der Waals surface area contributed by atoms with Gasteiger partial charge in [0.05, 0.1) is 0 Å². The number of aryl methyl sites for hydroxylation is 1. The molecule has 0 saturated heterocycles. The lowest BCUT2D eigenvalue weighted by atomic mass is 10.3. The zero-order chi connectivity index (χ0) is 15.4. The molecule has 3 rings (SSSR count). The van der Waals surface area contributed by atoms with Gasteiger partial charge in [-0.25, -0.2) is 4.98 Å². The lowest BCUT2D eigenvalue weighted by Gasteiger charge is -2.09. The lowest BCUT2D eigenvalue weighted by Crippen LogP contribution is -2.01. The van der Waals surface area contributed by atoms with Crippen LogP contribution in [0, 0.1) is 6.92 Å². The van der Waals surface area contributed by atoms with Crippen molar-refractivity contribution < 1.29 is 4.74 Å². The summed E-state index contributed by atoms with van der Waals surface area (Å²) < 4.78 is 5.75. The third kappa shape index (κ3) is 3.52. The van der Waals surface area contributed by atoms with Crippen molar-refractivity contribution in [3.05, 3.63) is 66.4 Å². The number of ether oxygens (including phenoxy) is 1. The van der Waals surface area contributed by atoms with Crippen molar-refractivity contribution in [1.29, 1.82) is 0 Å². The van der Waals surface area contributed by atoms with Gasteiger partial charge in [0, 0.05) is 17.4 Å². The second-order valence-electron chi connectivity index (χ2n) is 4.82. The summed E-state index contributed by atoms with van der Waals surface area (Å²) in [5.74, 6) is 2.51. The second kappa shape index (κ2) is 6.13. The van der Waals surface area contributed by atoms with E-state index in [2.05, 4.69) is 15.3 Å². The highest BCUT2D eigenvalue weighted by atomic mass is 16.5. The van der Waals surface area contributed by atoms with E-state index in [1.165, 1.54) is 0 Å². The fourth-order valence-electron chi connectivity index (χ4n) is 2.03. The summed E-state index contributed by atoms with van der Waals surface area (Å²) in [4.78, 5) is 8.19. The van der Waals surface area contributed by atoms with Gasteiger partial charge in [-0.3, -0.25) is 0 Å². The van der Waals surface area contributed by atoms with E-state index in [9.17, 15) is 0 Å². The summed E-state index contributed by atoms with van der Waals surface area (Å²) in [6.45, 7) is 1.88. The van der Waals surface area contributed by atoms with Crippen LogP contribution in [0.25, 0.3) is 0 Å². The highest BCUT2D eigenvalue weighted by Gasteiger charge is 2.01. The highest BCUT2D eigenvalue weighted by Crippen LogP contribution is 2.24. The number of anilines is 3. The molecular formula is C17H16N4O. The maximum Gasteiger partial charge on any atom is 0.222 e. The number of rotatable bonds is 4. The second-order valence-corrected chi connectivity index (χ2v) is 4.82. The molecule has 5 heteroatoms. The van der Waals surface area contributed by atoms with Gasteiger partial charge in [-0.1, -0.05) is 18.2 Å². The van der Waals surface area contributed by atoms with Gasteiger partial charge in [0.25, 0.3) is 0 Å². The Balaban J connectivity index is 1.71. The van der Waals surface area contributed by atoms with Crippen LogP contribution in [-0.4, -0.2) is 9.97 Å². The summed E-state index contributed by atoms with van der Waals surface area (Å²) in [7, 11) is 0. The van der Waals surface area contributed by atoms with Gasteiger partial charge in [0.15, 0.2) is 0 Å². The quantitative estimate of drug-likeness (QED) is 0.763. The largest absolute Gasteiger partial charge is 0.457 e. The Morgan fingerprint density at radius 3 is 2.27 bits per heavy atom. The number of aromatic nitrogens is 2. The third-order valence-electron chi connectivity index (χ3n) is 2.98. The predicted molar refractivity (Wildman–Crippen MR) is 87.4 cm³/mol. The Hall–Kier alpha value is -3.08. The topological polar surface area (TPSA) is 73.1 Å². The molecular weight excluding hydrogens is 276 g/mol. The molecule has 110 valence electrons. The maximum absolute atomic E-state index is 5.75. The summed E-state index contributed by atoms with van der Waals surface area (Å²) >= 11 is 0. The highest BCUT2D eigenvalue weighted by molar-refractivity contribution is 5.58. The van der Waals surface area contributed by atoms with E-state index >= 15 is 0 Å². The molecule has 2 aromatic carbocycles. The van der Waals surface area contributed by atoms with E-state index in [-0.39, 0.29) is 5.95 Å². The minimum absolute atomic E-state index is 0.256. The minimum atomic E-state index is 0.256. The van der Waals surface area contributed by atoms with Gasteiger partial charge < -0.3 is 15.8 Å². The van der Waals surface area contributed by atoms with E-state index in [0.29, 0.717) is 5.82 Å². The summed E-state index contributed by atoms with van der Waals surface area (Å²) in [6.07, 6.45) is 0. The van der Waals surface area contributed by atoms with Crippen LogP contribution < -0.4 is 15.8 Å². The van der Waals surface area contributed by atoms with Gasteiger partial charge in [0.1, 0.15) is 17.3 Å². The Morgan fingerprint density at radius 1 is 0.909 bits per heavy atom. The Labute approximate surface area is 128 Å². The molecule has 0 amide bonds. The standard InChI is InChI=1S/C17H16N4O/c1-12-11-16(21-17(18)19-12)20-13-7-9-15(10-8-13)22-14-5-3-2-4-6-14/h2-11H,1H3,(H3,18,19,20,21). The molecule has 0 aliphatic heterocycles. The van der Waals surface area contributed by atoms with Gasteiger partial charge in [0.2, 0.25) is 5.95 Å². The monoisotopic (exact) mass is 292 g/mol. The van der Waals surface area contributed by atoms with Crippen LogP contribution in [0.1, 0.15) is 5.69 Å². The molecule has 0 saturated carbocycles. The molecule has 1 aromatic heterocycles. The maximum atomic E-state index is 5.75. The summed E-state index contributed by atoms with van der Waals surface area (Å²) in [5.41, 5.74) is 7.36. The molecule has 22 heavy (non-hydrogen) atoms. The van der Waals surface area contributed by atoms with E-state index in [1.54, 1.807) is 0 Å². The van der Waals surface area contributed by atoms with E-state index in [1.807, 2.05) is 67.6 Å². The minimum Gasteiger partial charge on any atom is -0.457 e. The van der Waals surface area contributed by atoms with Crippen molar-refractivity contribution in [2.24, 2.45) is 0 Å². The SMILES string of the molecule is Cc1cc(Nc2ccc(Oc3ccccc3)cc2)nc(N)n1. The smallest absolute Gasteiger partial charge is 0.222 e. The van der Waals surface area contributed by atoms with Gasteiger partial charge >= 0.3 is 0 Å². The zero-order valence-corrected chi connectivity index (χ0v) is 12.2. The Bertz CT molecular complexity index is 737. The molecule has 0 bridgehead atoms. The lowest BCUT2D eigenvalue weighted by molar-refractivity contribution is 0.483. The number of nitrogens with one attached hydrogen (secondary N) is 1. The fraction of sp³-hybridized carbons (Fsp3) is 0.0588. The molecule has 0 spiro atoms. The molecule has 0 aliphatic carbocycles. The first-order valence-corrected chi connectivity index (χ1v) is 6.90. The number of nitrogen functional groups attached to an aromatic ring is 1. The third-order valence-corrected chi connectivity index (χ3v) is 2.98. The summed E-state index contributed by atoms with van der Waals surface area (Å²) in [6, 6.07) is 19.1. The predicted octanol–water partition coefficient (Wildman–Crippen LogP) is 3.90. The van der Waals surface area contributed by atoms with Gasteiger partial charge in [-0.05, 0) is 43.3 Å². The molecule has 0 atom stereocenters. The van der Waals surface area contributed by atoms with Crippen molar-refractivity contribution in [3.8, 4) is 11.5 Å². The van der Waals surface area contributed by atoms with Crippen LogP contribution in [-0.2, 0) is 0 Å². The van der Waals surface area contributed by atoms with Crippen molar-refractivity contribution >= 4 is 17.5 Å². The summed E-state index contributed by atoms with van der Waals surface area (Å²) in [5, 5.41) is 3.19. The number of hydrogen-bond donors (Lipinski definition) is 2. The number of nitrogens with zero attached hydrogens (tertiary/aromatic N) is 2. The van der Waals surface area contributed by atoms with Crippen molar-refractivity contribution in [1.82, 2.24) is 9.97 Å². The Morgan fingerprint density at radius 2 is 1.59 bits per heavy atom. The van der Waals surface area contributed by atoms with E-state index in [0.717, 1.165) is 22.9 Å². The van der Waals surface area contributed by atoms with Crippen molar-refractivity contribution in [2.75, 3.05) is 11.1 Å². The molecule has 0 fully saturated rings. The molecule has 3 aromatic rings. The average molecular weight is 292 g/mol. The van der Waals surface area contributed by atoms with Crippen LogP contribution >= 0.6 is 0 Å². The van der Waals surface area contributed by atoms with Crippen LogP contribution in [0.4, 0.5) is 17.5 Å².